The fourth-order valence-corrected chi connectivity index (χ4v) is 7.44. The molecule has 0 spiro atoms. The molecule has 4 aromatic rings. The van der Waals surface area contributed by atoms with Crippen LogP contribution >= 0.6 is 36.6 Å². The molecule has 1 saturated heterocycles. The topological polar surface area (TPSA) is 136 Å². The summed E-state index contributed by atoms with van der Waals surface area (Å²) in [7, 11) is -2.53. The van der Waals surface area contributed by atoms with Crippen LogP contribution in [-0.2, 0) is 16.6 Å². The van der Waals surface area contributed by atoms with E-state index in [9.17, 15) is 13.2 Å². The van der Waals surface area contributed by atoms with Crippen molar-refractivity contribution in [1.29, 1.82) is 0 Å². The normalized spacial score (nSPS) is 21.2. The molecule has 2 aliphatic heterocycles. The second-order valence-electron chi connectivity index (χ2n) is 13.7. The van der Waals surface area contributed by atoms with Gasteiger partial charge >= 0.3 is 16.6 Å². The molecule has 3 fully saturated rings. The number of fused-ring (bicyclic) bond motifs is 2. The van der Waals surface area contributed by atoms with Gasteiger partial charge in [-0.3, -0.25) is 9.11 Å². The summed E-state index contributed by atoms with van der Waals surface area (Å²) in [6.07, 6.45) is -1.07. The van der Waals surface area contributed by atoms with Crippen molar-refractivity contribution in [3.8, 4) is 0 Å². The van der Waals surface area contributed by atoms with Crippen LogP contribution in [-0.4, -0.2) is 85.7 Å². The summed E-state index contributed by atoms with van der Waals surface area (Å²) in [6.45, 7) is 5.92. The lowest BCUT2D eigenvalue weighted by atomic mass is 10.1. The summed E-state index contributed by atoms with van der Waals surface area (Å²) < 4.78 is 71.4. The zero-order valence-corrected chi connectivity index (χ0v) is 33.7. The Kier molecular flexibility index (Phi) is 17.8. The molecule has 4 aromatic carbocycles. The minimum atomic E-state index is -4.67. The second kappa shape index (κ2) is 21.0. The first kappa shape index (κ1) is 46.5. The number of piperazine rings is 1. The van der Waals surface area contributed by atoms with Gasteiger partial charge in [0.05, 0.1) is 16.9 Å². The molecule has 2 aliphatic carbocycles. The third-order valence-corrected chi connectivity index (χ3v) is 10.7. The van der Waals surface area contributed by atoms with Crippen LogP contribution < -0.4 is 16.4 Å². The maximum Gasteiger partial charge on any atom is 0.416 e. The van der Waals surface area contributed by atoms with E-state index in [0.29, 0.717) is 36.2 Å². The van der Waals surface area contributed by atoms with Crippen LogP contribution in [0.2, 0.25) is 0 Å². The molecule has 0 aromatic heterocycles. The van der Waals surface area contributed by atoms with Gasteiger partial charge in [-0.15, -0.1) is 24.8 Å². The average molecular weight is 845 g/mol. The predicted molar refractivity (Wildman–Crippen MR) is 220 cm³/mol. The number of nitrogens with zero attached hydrogens (tertiary/aromatic N) is 3. The van der Waals surface area contributed by atoms with E-state index in [0.717, 1.165) is 54.6 Å². The minimum Gasteiger partial charge on any atom is -0.340 e. The SMILES string of the molecule is CN1CCN(CCCN2c3ccccc3Sc3ccc(C(F)(F)F)cc32)CC1.Cl.Cl.N[C@@H]1C[C@H]1c1ccccc1.N[C@@H]1C[C@H]1c1ccccc1.O=S(=O)(O)O. The molecule has 302 valence electrons. The van der Waals surface area contributed by atoms with Crippen LogP contribution in [0.1, 0.15) is 47.8 Å². The van der Waals surface area contributed by atoms with Crippen LogP contribution in [0.5, 0.6) is 0 Å². The van der Waals surface area contributed by atoms with Crippen molar-refractivity contribution >= 4 is 58.3 Å². The number of likely N-dealkylation sites (N-methyl/N-ethyl adjacent to an activating group) is 1. The lowest BCUT2D eigenvalue weighted by Gasteiger charge is -2.35. The molecular formula is C39H50Cl2F3N5O4S2. The maximum absolute atomic E-state index is 13.3. The van der Waals surface area contributed by atoms with E-state index in [1.807, 2.05) is 36.4 Å². The fourth-order valence-electron chi connectivity index (χ4n) is 6.37. The van der Waals surface area contributed by atoms with Gasteiger partial charge in [-0.05, 0) is 74.3 Å². The summed E-state index contributed by atoms with van der Waals surface area (Å²) in [4.78, 5) is 8.80. The highest BCUT2D eigenvalue weighted by atomic mass is 35.5. The molecule has 16 heteroatoms. The molecule has 0 radical (unpaired) electrons. The number of para-hydroxylation sites is 1. The maximum atomic E-state index is 13.3. The van der Waals surface area contributed by atoms with Crippen molar-refractivity contribution in [2.75, 3.05) is 51.2 Å². The number of anilines is 2. The molecule has 2 saturated carbocycles. The number of hydrogen-bond donors (Lipinski definition) is 4. The first-order valence-electron chi connectivity index (χ1n) is 17.6. The van der Waals surface area contributed by atoms with Crippen molar-refractivity contribution < 1.29 is 30.7 Å². The van der Waals surface area contributed by atoms with E-state index in [4.69, 9.17) is 29.0 Å². The Morgan fingerprint density at radius 3 is 1.64 bits per heavy atom. The molecule has 4 aliphatic rings. The predicted octanol–water partition coefficient (Wildman–Crippen LogP) is 8.14. The Balaban J connectivity index is 0.000000245. The monoisotopic (exact) mass is 843 g/mol. The highest BCUT2D eigenvalue weighted by Crippen LogP contribution is 2.49. The van der Waals surface area contributed by atoms with Gasteiger partial charge in [0.1, 0.15) is 0 Å². The molecule has 0 unspecified atom stereocenters. The minimum absolute atomic E-state index is 0. The van der Waals surface area contributed by atoms with E-state index in [1.165, 1.54) is 36.1 Å². The summed E-state index contributed by atoms with van der Waals surface area (Å²) in [6, 6.07) is 33.9. The van der Waals surface area contributed by atoms with Crippen LogP contribution in [0.4, 0.5) is 24.5 Å². The summed E-state index contributed by atoms with van der Waals surface area (Å²) >= 11 is 1.54. The largest absolute Gasteiger partial charge is 0.416 e. The van der Waals surface area contributed by atoms with Crippen molar-refractivity contribution in [1.82, 2.24) is 9.80 Å². The van der Waals surface area contributed by atoms with Gasteiger partial charge in [0.2, 0.25) is 0 Å². The first-order valence-corrected chi connectivity index (χ1v) is 19.9. The van der Waals surface area contributed by atoms with E-state index < -0.39 is 22.1 Å². The average Bonchev–Trinajstić information content (AvgIpc) is 4.05. The molecule has 4 atom stereocenters. The first-order chi connectivity index (χ1) is 25.2. The highest BCUT2D eigenvalue weighted by Gasteiger charge is 2.35. The van der Waals surface area contributed by atoms with Gasteiger partial charge < -0.3 is 26.2 Å². The fraction of sp³-hybridized carbons (Fsp3) is 0.385. The Hall–Kier alpha value is -2.89. The number of hydrogen-bond acceptors (Lipinski definition) is 8. The molecule has 2 heterocycles. The van der Waals surface area contributed by atoms with Crippen LogP contribution in [0.25, 0.3) is 0 Å². The summed E-state index contributed by atoms with van der Waals surface area (Å²) in [5.74, 6) is 1.31. The van der Waals surface area contributed by atoms with Gasteiger partial charge in [-0.25, -0.2) is 0 Å². The van der Waals surface area contributed by atoms with Gasteiger partial charge in [-0.1, -0.05) is 84.6 Å². The van der Waals surface area contributed by atoms with E-state index in [1.54, 1.807) is 17.8 Å². The van der Waals surface area contributed by atoms with Crippen molar-refractivity contribution in [3.05, 3.63) is 120 Å². The molecule has 0 amide bonds. The second-order valence-corrected chi connectivity index (χ2v) is 15.7. The number of benzene rings is 4. The summed E-state index contributed by atoms with van der Waals surface area (Å²) in [5, 5.41) is 0. The Bertz CT molecular complexity index is 1820. The third-order valence-electron chi connectivity index (χ3n) is 9.54. The van der Waals surface area contributed by atoms with E-state index >= 15 is 0 Å². The van der Waals surface area contributed by atoms with E-state index in [2.05, 4.69) is 70.3 Å². The standard InChI is InChI=1S/C21H24F3N3S.2C9H11N.2ClH.H2O4S/c1-25-11-13-26(14-12-25)9-4-10-27-17-5-2-3-6-19(17)28-20-8-7-16(15-18(20)27)21(22,23)24;2*10-9-6-8(9)7-4-2-1-3-5-7;;;1-5(2,3)4/h2-3,5-8,15H,4,9-14H2,1H3;2*1-5,8-9H,6,10H2;2*1H;(H2,1,2,3,4)/t;2*8-,9+;;;/m.00.../s1. The summed E-state index contributed by atoms with van der Waals surface area (Å²) in [5.41, 5.74) is 15.3. The van der Waals surface area contributed by atoms with Crippen molar-refractivity contribution in [2.24, 2.45) is 11.5 Å². The van der Waals surface area contributed by atoms with Crippen LogP contribution in [0.15, 0.2) is 113 Å². The molecule has 6 N–H and O–H groups in total. The zero-order chi connectivity index (χ0) is 38.2. The van der Waals surface area contributed by atoms with Crippen LogP contribution in [0, 0.1) is 0 Å². The van der Waals surface area contributed by atoms with Gasteiger partial charge in [0.15, 0.2) is 0 Å². The van der Waals surface area contributed by atoms with Crippen molar-refractivity contribution in [3.63, 3.8) is 0 Å². The number of alkyl halides is 3. The van der Waals surface area contributed by atoms with Gasteiger partial charge in [0, 0.05) is 66.4 Å². The molecule has 8 rings (SSSR count). The lowest BCUT2D eigenvalue weighted by molar-refractivity contribution is -0.137. The van der Waals surface area contributed by atoms with Crippen molar-refractivity contribution in [2.45, 2.75) is 59.1 Å². The third kappa shape index (κ3) is 14.8. The quantitative estimate of drug-likeness (QED) is 0.141. The number of rotatable bonds is 6. The Morgan fingerprint density at radius 2 is 1.16 bits per heavy atom. The highest BCUT2D eigenvalue weighted by molar-refractivity contribution is 7.99. The molecule has 55 heavy (non-hydrogen) atoms. The Morgan fingerprint density at radius 1 is 0.709 bits per heavy atom. The Labute approximate surface area is 339 Å². The number of nitrogens with two attached hydrogens (primary N) is 2. The van der Waals surface area contributed by atoms with E-state index in [-0.39, 0.29) is 24.8 Å². The smallest absolute Gasteiger partial charge is 0.340 e. The molecular weight excluding hydrogens is 794 g/mol. The zero-order valence-electron chi connectivity index (χ0n) is 30.5. The van der Waals surface area contributed by atoms with Gasteiger partial charge in [-0.2, -0.15) is 21.6 Å². The lowest BCUT2D eigenvalue weighted by Crippen LogP contribution is -2.45. The number of halogens is 5. The molecule has 9 nitrogen and oxygen atoms in total. The molecule has 0 bridgehead atoms. The van der Waals surface area contributed by atoms with Gasteiger partial charge in [0.25, 0.3) is 0 Å². The van der Waals surface area contributed by atoms with Crippen LogP contribution in [0.3, 0.4) is 0 Å².